The number of rotatable bonds is 0. The van der Waals surface area contributed by atoms with Crippen molar-refractivity contribution in [3.8, 4) is 0 Å². The van der Waals surface area contributed by atoms with Gasteiger partial charge in [-0.3, -0.25) is 4.90 Å². The van der Waals surface area contributed by atoms with E-state index in [0.717, 1.165) is 0 Å². The third kappa shape index (κ3) is 2.06. The van der Waals surface area contributed by atoms with Gasteiger partial charge >= 0.3 is 6.03 Å². The van der Waals surface area contributed by atoms with Gasteiger partial charge in [-0.2, -0.15) is 0 Å². The Kier molecular flexibility index (Phi) is 3.19. The fraction of sp³-hybridized carbons (Fsp3) is 0.273. The zero-order valence-corrected chi connectivity index (χ0v) is 10.0. The van der Waals surface area contributed by atoms with Crippen molar-refractivity contribution in [3.63, 3.8) is 0 Å². The van der Waals surface area contributed by atoms with Crippen molar-refractivity contribution in [2.24, 2.45) is 5.16 Å². The van der Waals surface area contributed by atoms with Crippen LogP contribution >= 0.6 is 11.6 Å². The number of urea groups is 1. The Morgan fingerprint density at radius 1 is 1.59 bits per heavy atom. The van der Waals surface area contributed by atoms with E-state index in [9.17, 15) is 4.79 Å². The van der Waals surface area contributed by atoms with Gasteiger partial charge in [0.05, 0.1) is 11.4 Å². The fourth-order valence-electron chi connectivity index (χ4n) is 1.90. The van der Waals surface area contributed by atoms with E-state index in [-0.39, 0.29) is 6.03 Å². The van der Waals surface area contributed by atoms with Crippen LogP contribution in [0.5, 0.6) is 0 Å². The summed E-state index contributed by atoms with van der Waals surface area (Å²) in [5.41, 5.74) is 1.94. The van der Waals surface area contributed by atoms with Crippen molar-refractivity contribution < 1.29 is 10.0 Å². The molecule has 0 radical (unpaired) electrons. The number of nitrogens with zero attached hydrogens (tertiary/aromatic N) is 2. The largest absolute Gasteiger partial charge is 0.411 e. The second-order valence-electron chi connectivity index (χ2n) is 3.66. The summed E-state index contributed by atoms with van der Waals surface area (Å²) in [6.07, 6.45) is 0.497. The number of fused-ring (bicyclic) bond motifs is 1. The molecule has 0 bridgehead atoms. The van der Waals surface area contributed by atoms with Gasteiger partial charge in [0.2, 0.25) is 0 Å². The van der Waals surface area contributed by atoms with Crippen molar-refractivity contribution in [1.29, 1.82) is 0 Å². The van der Waals surface area contributed by atoms with Gasteiger partial charge in [-0.25, -0.2) is 4.79 Å². The highest BCUT2D eigenvalue weighted by Gasteiger charge is 2.26. The molecule has 6 heteroatoms. The Hall–Kier alpha value is -1.75. The highest BCUT2D eigenvalue weighted by atomic mass is 35.5. The SMILES string of the molecule is CNC(=O)N1CC/C(=N/O)c2cc(Cl)ccc21. The van der Waals surface area contributed by atoms with Gasteiger partial charge in [0, 0.05) is 30.6 Å². The molecule has 1 heterocycles. The molecule has 0 aliphatic carbocycles. The summed E-state index contributed by atoms with van der Waals surface area (Å²) < 4.78 is 0. The van der Waals surface area contributed by atoms with E-state index < -0.39 is 0 Å². The molecule has 5 nitrogen and oxygen atoms in total. The standard InChI is InChI=1S/C11H12ClN3O2/c1-13-11(16)15-5-4-9(14-17)8-6-7(12)2-3-10(8)15/h2-3,6,17H,4-5H2,1H3,(H,13,16)/b14-9-. The smallest absolute Gasteiger partial charge is 0.321 e. The molecule has 2 rings (SSSR count). The highest BCUT2D eigenvalue weighted by Crippen LogP contribution is 2.29. The Morgan fingerprint density at radius 3 is 3.00 bits per heavy atom. The van der Waals surface area contributed by atoms with Crippen LogP contribution in [0.15, 0.2) is 23.4 Å². The van der Waals surface area contributed by atoms with Gasteiger partial charge < -0.3 is 10.5 Å². The Bertz CT molecular complexity index is 488. The molecule has 0 aromatic heterocycles. The van der Waals surface area contributed by atoms with Gasteiger partial charge in [0.15, 0.2) is 0 Å². The first-order valence-corrected chi connectivity index (χ1v) is 5.55. The van der Waals surface area contributed by atoms with Gasteiger partial charge in [-0.15, -0.1) is 0 Å². The summed E-state index contributed by atoms with van der Waals surface area (Å²) in [6.45, 7) is 0.480. The van der Waals surface area contributed by atoms with Crippen LogP contribution < -0.4 is 10.2 Å². The zero-order chi connectivity index (χ0) is 12.4. The first-order valence-electron chi connectivity index (χ1n) is 5.17. The van der Waals surface area contributed by atoms with Crippen LogP contribution in [0, 0.1) is 0 Å². The molecule has 2 N–H and O–H groups in total. The summed E-state index contributed by atoms with van der Waals surface area (Å²) in [5, 5.41) is 15.3. The molecule has 1 aromatic carbocycles. The monoisotopic (exact) mass is 253 g/mol. The maximum atomic E-state index is 11.7. The third-order valence-corrected chi connectivity index (χ3v) is 2.95. The molecule has 0 fully saturated rings. The minimum Gasteiger partial charge on any atom is -0.411 e. The molecule has 0 unspecified atom stereocenters. The number of hydrogen-bond acceptors (Lipinski definition) is 3. The van der Waals surface area contributed by atoms with Crippen molar-refractivity contribution in [2.75, 3.05) is 18.5 Å². The second-order valence-corrected chi connectivity index (χ2v) is 4.10. The molecule has 0 spiro atoms. The minimum absolute atomic E-state index is 0.189. The summed E-state index contributed by atoms with van der Waals surface area (Å²) in [5.74, 6) is 0. The van der Waals surface area contributed by atoms with Crippen LogP contribution in [0.1, 0.15) is 12.0 Å². The van der Waals surface area contributed by atoms with Crippen LogP contribution in [0.25, 0.3) is 0 Å². The van der Waals surface area contributed by atoms with E-state index in [1.165, 1.54) is 0 Å². The summed E-state index contributed by atoms with van der Waals surface area (Å²) in [4.78, 5) is 13.3. The van der Waals surface area contributed by atoms with Crippen LogP contribution in [0.2, 0.25) is 5.02 Å². The lowest BCUT2D eigenvalue weighted by Gasteiger charge is -2.29. The average Bonchev–Trinajstić information content (AvgIpc) is 2.36. The van der Waals surface area contributed by atoms with Gasteiger partial charge in [-0.05, 0) is 18.2 Å². The lowest BCUT2D eigenvalue weighted by molar-refractivity contribution is 0.248. The molecule has 0 saturated heterocycles. The van der Waals surface area contributed by atoms with Crippen LogP contribution in [-0.2, 0) is 0 Å². The van der Waals surface area contributed by atoms with E-state index in [0.29, 0.717) is 35.0 Å². The number of anilines is 1. The average molecular weight is 254 g/mol. The summed E-state index contributed by atoms with van der Waals surface area (Å²) >= 11 is 5.90. The maximum Gasteiger partial charge on any atom is 0.321 e. The first kappa shape index (κ1) is 11.7. The quantitative estimate of drug-likeness (QED) is 0.549. The Balaban J connectivity index is 2.51. The molecule has 1 aromatic rings. The Morgan fingerprint density at radius 2 is 2.35 bits per heavy atom. The third-order valence-electron chi connectivity index (χ3n) is 2.71. The van der Waals surface area contributed by atoms with E-state index in [2.05, 4.69) is 10.5 Å². The first-order chi connectivity index (χ1) is 8.17. The maximum absolute atomic E-state index is 11.7. The normalized spacial score (nSPS) is 16.8. The molecule has 2 amide bonds. The second kappa shape index (κ2) is 4.63. The number of hydrogen-bond donors (Lipinski definition) is 2. The zero-order valence-electron chi connectivity index (χ0n) is 9.27. The molecule has 17 heavy (non-hydrogen) atoms. The van der Waals surface area contributed by atoms with Crippen molar-refractivity contribution in [3.05, 3.63) is 28.8 Å². The minimum atomic E-state index is -0.189. The number of benzene rings is 1. The molecular weight excluding hydrogens is 242 g/mol. The molecule has 0 saturated carbocycles. The van der Waals surface area contributed by atoms with E-state index in [1.807, 2.05) is 0 Å². The van der Waals surface area contributed by atoms with E-state index >= 15 is 0 Å². The molecular formula is C11H12ClN3O2. The Labute approximate surface area is 104 Å². The molecule has 90 valence electrons. The van der Waals surface area contributed by atoms with Crippen molar-refractivity contribution in [1.82, 2.24) is 5.32 Å². The van der Waals surface area contributed by atoms with Crippen LogP contribution in [0.3, 0.4) is 0 Å². The van der Waals surface area contributed by atoms with Crippen molar-refractivity contribution in [2.45, 2.75) is 6.42 Å². The predicted molar refractivity (Wildman–Crippen MR) is 66.2 cm³/mol. The molecule has 1 aliphatic heterocycles. The molecule has 0 atom stereocenters. The number of oxime groups is 1. The van der Waals surface area contributed by atoms with Gasteiger partial charge in [0.1, 0.15) is 0 Å². The van der Waals surface area contributed by atoms with Gasteiger partial charge in [0.25, 0.3) is 0 Å². The molecule has 1 aliphatic rings. The highest BCUT2D eigenvalue weighted by molar-refractivity contribution is 6.31. The lowest BCUT2D eigenvalue weighted by Crippen LogP contribution is -2.42. The van der Waals surface area contributed by atoms with Crippen LogP contribution in [-0.4, -0.2) is 30.5 Å². The number of nitrogens with one attached hydrogen (secondary N) is 1. The fourth-order valence-corrected chi connectivity index (χ4v) is 2.07. The number of carbonyl (C=O) groups is 1. The van der Waals surface area contributed by atoms with Crippen LogP contribution in [0.4, 0.5) is 10.5 Å². The topological polar surface area (TPSA) is 64.9 Å². The summed E-state index contributed by atoms with van der Waals surface area (Å²) in [6, 6.07) is 4.96. The number of carbonyl (C=O) groups excluding carboxylic acids is 1. The predicted octanol–water partition coefficient (Wildman–Crippen LogP) is 2.07. The van der Waals surface area contributed by atoms with E-state index in [1.54, 1.807) is 30.1 Å². The van der Waals surface area contributed by atoms with Crippen molar-refractivity contribution >= 4 is 29.0 Å². The van der Waals surface area contributed by atoms with E-state index in [4.69, 9.17) is 16.8 Å². The summed E-state index contributed by atoms with van der Waals surface area (Å²) in [7, 11) is 1.58. The number of halogens is 1. The number of amides is 2. The lowest BCUT2D eigenvalue weighted by atomic mass is 10.00. The van der Waals surface area contributed by atoms with Gasteiger partial charge in [-0.1, -0.05) is 16.8 Å².